The van der Waals surface area contributed by atoms with Gasteiger partial charge in [0.15, 0.2) is 6.23 Å². The molecule has 22 heavy (non-hydrogen) atoms. The van der Waals surface area contributed by atoms with Gasteiger partial charge in [-0.15, -0.1) is 0 Å². The minimum atomic E-state index is -0.947. The fourth-order valence-electron chi connectivity index (χ4n) is 2.33. The van der Waals surface area contributed by atoms with E-state index >= 15 is 0 Å². The summed E-state index contributed by atoms with van der Waals surface area (Å²) in [4.78, 5) is 8.48. The standard InChI is InChI=1S/C16H19N3O3/c1-11-8-13(22-12-5-7-21-10-12)9-14(18-11)16(20)19-15-4-2-3-6-17-15/h2-4,6,8-9,12,16,20H,5,7,10H2,1H3,(H,17,19)/t12-,16?/m0/s1. The van der Waals surface area contributed by atoms with Crippen LogP contribution in [0.4, 0.5) is 5.82 Å². The molecule has 0 aromatic carbocycles. The molecular formula is C16H19N3O3. The molecular weight excluding hydrogens is 282 g/mol. The zero-order valence-corrected chi connectivity index (χ0v) is 12.4. The Morgan fingerprint density at radius 1 is 1.41 bits per heavy atom. The van der Waals surface area contributed by atoms with Crippen molar-refractivity contribution in [1.82, 2.24) is 9.97 Å². The second-order valence-corrected chi connectivity index (χ2v) is 5.23. The van der Waals surface area contributed by atoms with Crippen molar-refractivity contribution in [1.29, 1.82) is 0 Å². The number of hydrogen-bond acceptors (Lipinski definition) is 6. The first kappa shape index (κ1) is 14.7. The van der Waals surface area contributed by atoms with Crippen molar-refractivity contribution in [2.45, 2.75) is 25.7 Å². The monoisotopic (exact) mass is 301 g/mol. The number of aliphatic hydroxyl groups is 1. The quantitative estimate of drug-likeness (QED) is 0.823. The SMILES string of the molecule is Cc1cc(O[C@H]2CCOC2)cc(C(O)Nc2ccccn2)n1. The third kappa shape index (κ3) is 3.72. The van der Waals surface area contributed by atoms with Gasteiger partial charge in [-0.05, 0) is 19.1 Å². The third-order valence-corrected chi connectivity index (χ3v) is 3.37. The van der Waals surface area contributed by atoms with Crippen molar-refractivity contribution in [2.75, 3.05) is 18.5 Å². The smallest absolute Gasteiger partial charge is 0.169 e. The van der Waals surface area contributed by atoms with Gasteiger partial charge in [0.1, 0.15) is 17.7 Å². The molecule has 3 rings (SSSR count). The van der Waals surface area contributed by atoms with Crippen LogP contribution >= 0.6 is 0 Å². The number of aromatic nitrogens is 2. The van der Waals surface area contributed by atoms with Crippen molar-refractivity contribution in [3.63, 3.8) is 0 Å². The maximum Gasteiger partial charge on any atom is 0.169 e. The van der Waals surface area contributed by atoms with Gasteiger partial charge in [0.05, 0.1) is 18.9 Å². The van der Waals surface area contributed by atoms with E-state index in [1.807, 2.05) is 25.1 Å². The fraction of sp³-hybridized carbons (Fsp3) is 0.375. The number of pyridine rings is 2. The normalized spacial score (nSPS) is 18.9. The second-order valence-electron chi connectivity index (χ2n) is 5.23. The summed E-state index contributed by atoms with van der Waals surface area (Å²) in [6, 6.07) is 9.05. The number of nitrogens with zero attached hydrogens (tertiary/aromatic N) is 2. The zero-order chi connectivity index (χ0) is 15.4. The van der Waals surface area contributed by atoms with Crippen LogP contribution in [0.2, 0.25) is 0 Å². The summed E-state index contributed by atoms with van der Waals surface area (Å²) in [6.07, 6.45) is 1.66. The lowest BCUT2D eigenvalue weighted by Crippen LogP contribution is -2.17. The average Bonchev–Trinajstić information content (AvgIpc) is 3.00. The lowest BCUT2D eigenvalue weighted by atomic mass is 10.2. The molecule has 0 aliphatic carbocycles. The molecule has 0 amide bonds. The number of aliphatic hydroxyl groups excluding tert-OH is 1. The van der Waals surface area contributed by atoms with E-state index in [-0.39, 0.29) is 6.10 Å². The molecule has 1 saturated heterocycles. The van der Waals surface area contributed by atoms with Crippen LogP contribution < -0.4 is 10.1 Å². The van der Waals surface area contributed by atoms with Crippen LogP contribution in [0, 0.1) is 6.92 Å². The lowest BCUT2D eigenvalue weighted by molar-refractivity contribution is 0.140. The predicted molar refractivity (Wildman–Crippen MR) is 81.6 cm³/mol. The summed E-state index contributed by atoms with van der Waals surface area (Å²) in [5, 5.41) is 13.2. The molecule has 0 saturated carbocycles. The van der Waals surface area contributed by atoms with Crippen molar-refractivity contribution >= 4 is 5.82 Å². The van der Waals surface area contributed by atoms with Gasteiger partial charge in [-0.25, -0.2) is 4.98 Å². The van der Waals surface area contributed by atoms with E-state index in [1.54, 1.807) is 18.3 Å². The van der Waals surface area contributed by atoms with Crippen molar-refractivity contribution in [3.05, 3.63) is 47.9 Å². The molecule has 2 aromatic rings. The Balaban J connectivity index is 1.73. The molecule has 3 heterocycles. The fourth-order valence-corrected chi connectivity index (χ4v) is 2.33. The van der Waals surface area contributed by atoms with E-state index in [2.05, 4.69) is 15.3 Å². The Labute approximate surface area is 129 Å². The molecule has 0 bridgehead atoms. The van der Waals surface area contributed by atoms with E-state index in [0.717, 1.165) is 18.7 Å². The highest BCUT2D eigenvalue weighted by Crippen LogP contribution is 2.22. The third-order valence-electron chi connectivity index (χ3n) is 3.37. The highest BCUT2D eigenvalue weighted by molar-refractivity contribution is 5.37. The Morgan fingerprint density at radius 2 is 2.32 bits per heavy atom. The Morgan fingerprint density at radius 3 is 3.05 bits per heavy atom. The summed E-state index contributed by atoms with van der Waals surface area (Å²) < 4.78 is 11.2. The van der Waals surface area contributed by atoms with E-state index in [1.165, 1.54) is 0 Å². The number of rotatable bonds is 5. The molecule has 1 unspecified atom stereocenters. The van der Waals surface area contributed by atoms with Gasteiger partial charge >= 0.3 is 0 Å². The summed E-state index contributed by atoms with van der Waals surface area (Å²) >= 11 is 0. The zero-order valence-electron chi connectivity index (χ0n) is 12.4. The molecule has 0 radical (unpaired) electrons. The number of aryl methyl sites for hydroxylation is 1. The summed E-state index contributed by atoms with van der Waals surface area (Å²) in [6.45, 7) is 3.20. The summed E-state index contributed by atoms with van der Waals surface area (Å²) in [5.41, 5.74) is 1.29. The topological polar surface area (TPSA) is 76.5 Å². The second kappa shape index (κ2) is 6.72. The van der Waals surface area contributed by atoms with Gasteiger partial charge in [-0.3, -0.25) is 4.98 Å². The van der Waals surface area contributed by atoms with Gasteiger partial charge in [-0.1, -0.05) is 6.07 Å². The maximum absolute atomic E-state index is 10.3. The minimum absolute atomic E-state index is 0.0653. The number of ether oxygens (including phenoxy) is 2. The molecule has 1 aliphatic rings. The molecule has 2 atom stereocenters. The number of nitrogens with one attached hydrogen (secondary N) is 1. The van der Waals surface area contributed by atoms with E-state index < -0.39 is 6.23 Å². The average molecular weight is 301 g/mol. The van der Waals surface area contributed by atoms with Gasteiger partial charge < -0.3 is 19.9 Å². The highest BCUT2D eigenvalue weighted by atomic mass is 16.5. The molecule has 2 aromatic heterocycles. The molecule has 6 nitrogen and oxygen atoms in total. The van der Waals surface area contributed by atoms with Crippen LogP contribution in [0.1, 0.15) is 24.0 Å². The van der Waals surface area contributed by atoms with Crippen LogP contribution in [0.5, 0.6) is 5.75 Å². The largest absolute Gasteiger partial charge is 0.488 e. The first-order valence-electron chi connectivity index (χ1n) is 7.29. The predicted octanol–water partition coefficient (Wildman–Crippen LogP) is 2.06. The van der Waals surface area contributed by atoms with Gasteiger partial charge in [-0.2, -0.15) is 0 Å². The van der Waals surface area contributed by atoms with Crippen molar-refractivity contribution in [3.8, 4) is 5.75 Å². The molecule has 116 valence electrons. The van der Waals surface area contributed by atoms with Crippen molar-refractivity contribution < 1.29 is 14.6 Å². The van der Waals surface area contributed by atoms with Gasteiger partial charge in [0.25, 0.3) is 0 Å². The van der Waals surface area contributed by atoms with Crippen molar-refractivity contribution in [2.24, 2.45) is 0 Å². The highest BCUT2D eigenvalue weighted by Gasteiger charge is 2.18. The Bertz CT molecular complexity index is 615. The first-order chi connectivity index (χ1) is 10.7. The molecule has 0 spiro atoms. The summed E-state index contributed by atoms with van der Waals surface area (Å²) in [7, 11) is 0. The van der Waals surface area contributed by atoms with Crippen LogP contribution in [-0.2, 0) is 4.74 Å². The van der Waals surface area contributed by atoms with E-state index in [9.17, 15) is 5.11 Å². The minimum Gasteiger partial charge on any atom is -0.488 e. The van der Waals surface area contributed by atoms with E-state index in [0.29, 0.717) is 23.9 Å². The molecule has 6 heteroatoms. The van der Waals surface area contributed by atoms with E-state index in [4.69, 9.17) is 9.47 Å². The van der Waals surface area contributed by atoms with Gasteiger partial charge in [0, 0.05) is 30.4 Å². The Hall–Kier alpha value is -2.18. The molecule has 1 fully saturated rings. The van der Waals surface area contributed by atoms with Crippen LogP contribution in [0.15, 0.2) is 36.5 Å². The Kier molecular flexibility index (Phi) is 4.50. The van der Waals surface area contributed by atoms with Crippen LogP contribution in [-0.4, -0.2) is 34.4 Å². The number of hydrogen-bond donors (Lipinski definition) is 2. The first-order valence-corrected chi connectivity index (χ1v) is 7.29. The lowest BCUT2D eigenvalue weighted by Gasteiger charge is -2.17. The molecule has 2 N–H and O–H groups in total. The number of anilines is 1. The van der Waals surface area contributed by atoms with Gasteiger partial charge in [0.2, 0.25) is 0 Å². The summed E-state index contributed by atoms with van der Waals surface area (Å²) in [5.74, 6) is 1.28. The maximum atomic E-state index is 10.3. The van der Waals surface area contributed by atoms with Crippen LogP contribution in [0.3, 0.4) is 0 Å². The van der Waals surface area contributed by atoms with Crippen LogP contribution in [0.25, 0.3) is 0 Å². The molecule has 1 aliphatic heterocycles.